The van der Waals surface area contributed by atoms with Gasteiger partial charge in [0.25, 0.3) is 5.56 Å². The molecule has 1 N–H and O–H groups in total. The normalized spacial score (nSPS) is 12.0. The molecule has 0 fully saturated rings. The van der Waals surface area contributed by atoms with E-state index >= 15 is 0 Å². The van der Waals surface area contributed by atoms with Crippen LogP contribution in [0.3, 0.4) is 0 Å². The van der Waals surface area contributed by atoms with Crippen molar-refractivity contribution in [2.75, 3.05) is 6.61 Å². The SMILES string of the molecule is CCOc1cccc(C(C)NC(=O)Cn2c(=O)n(CC)c(=O)c3ccccc32)c1. The van der Waals surface area contributed by atoms with Crippen LogP contribution in [-0.4, -0.2) is 21.6 Å². The fourth-order valence-corrected chi connectivity index (χ4v) is 3.36. The minimum atomic E-state index is -0.489. The van der Waals surface area contributed by atoms with Gasteiger partial charge in [-0.15, -0.1) is 0 Å². The van der Waals surface area contributed by atoms with Crippen molar-refractivity contribution in [3.05, 3.63) is 74.9 Å². The van der Waals surface area contributed by atoms with Crippen LogP contribution in [0.15, 0.2) is 58.1 Å². The summed E-state index contributed by atoms with van der Waals surface area (Å²) in [5.41, 5.74) is 0.525. The molecule has 7 heteroatoms. The van der Waals surface area contributed by atoms with E-state index in [0.717, 1.165) is 15.9 Å². The molecule has 0 aliphatic heterocycles. The van der Waals surface area contributed by atoms with Crippen molar-refractivity contribution in [1.29, 1.82) is 0 Å². The monoisotopic (exact) mass is 395 g/mol. The van der Waals surface area contributed by atoms with Gasteiger partial charge in [0.1, 0.15) is 12.3 Å². The summed E-state index contributed by atoms with van der Waals surface area (Å²) in [6.45, 7) is 6.15. The van der Waals surface area contributed by atoms with Gasteiger partial charge in [-0.1, -0.05) is 24.3 Å². The van der Waals surface area contributed by atoms with Crippen LogP contribution in [0, 0.1) is 0 Å². The molecule has 29 heavy (non-hydrogen) atoms. The number of carbonyl (C=O) groups is 1. The Labute approximate surface area is 168 Å². The van der Waals surface area contributed by atoms with E-state index in [4.69, 9.17) is 4.74 Å². The summed E-state index contributed by atoms with van der Waals surface area (Å²) >= 11 is 0. The standard InChI is InChI=1S/C22H25N3O4/c1-4-24-21(27)18-11-6-7-12-19(18)25(22(24)28)14-20(26)23-15(3)16-9-8-10-17(13-16)29-5-2/h6-13,15H,4-5,14H2,1-3H3,(H,23,26). The Hall–Kier alpha value is -3.35. The average Bonchev–Trinajstić information content (AvgIpc) is 2.72. The Balaban J connectivity index is 1.88. The quantitative estimate of drug-likeness (QED) is 0.666. The second-order valence-corrected chi connectivity index (χ2v) is 6.73. The highest BCUT2D eigenvalue weighted by molar-refractivity contribution is 5.81. The smallest absolute Gasteiger partial charge is 0.331 e. The molecule has 0 saturated heterocycles. The third kappa shape index (κ3) is 4.23. The molecule has 0 radical (unpaired) electrons. The molecule has 0 aliphatic carbocycles. The van der Waals surface area contributed by atoms with E-state index in [9.17, 15) is 14.4 Å². The molecule has 3 aromatic rings. The minimum absolute atomic E-state index is 0.172. The minimum Gasteiger partial charge on any atom is -0.494 e. The van der Waals surface area contributed by atoms with Gasteiger partial charge >= 0.3 is 5.69 Å². The van der Waals surface area contributed by atoms with Crippen LogP contribution in [-0.2, 0) is 17.9 Å². The summed E-state index contributed by atoms with van der Waals surface area (Å²) in [5, 5.41) is 3.33. The number of fused-ring (bicyclic) bond motifs is 1. The van der Waals surface area contributed by atoms with E-state index in [2.05, 4.69) is 5.32 Å². The molecular formula is C22H25N3O4. The first kappa shape index (κ1) is 20.4. The van der Waals surface area contributed by atoms with Crippen LogP contribution in [0.5, 0.6) is 5.75 Å². The maximum Gasteiger partial charge on any atom is 0.331 e. The summed E-state index contributed by atoms with van der Waals surface area (Å²) < 4.78 is 8.00. The molecule has 152 valence electrons. The lowest BCUT2D eigenvalue weighted by atomic mass is 10.1. The summed E-state index contributed by atoms with van der Waals surface area (Å²) in [6, 6.07) is 14.1. The Morgan fingerprint density at radius 2 is 1.83 bits per heavy atom. The number of carbonyl (C=O) groups excluding carboxylic acids is 1. The molecule has 0 spiro atoms. The third-order valence-corrected chi connectivity index (χ3v) is 4.80. The van der Waals surface area contributed by atoms with E-state index in [-0.39, 0.29) is 30.6 Å². The fourth-order valence-electron chi connectivity index (χ4n) is 3.36. The predicted octanol–water partition coefficient (Wildman–Crippen LogP) is 2.46. The number of para-hydroxylation sites is 1. The van der Waals surface area contributed by atoms with Crippen LogP contribution in [0.25, 0.3) is 10.9 Å². The van der Waals surface area contributed by atoms with Crippen molar-refractivity contribution in [2.24, 2.45) is 0 Å². The third-order valence-electron chi connectivity index (χ3n) is 4.80. The molecule has 0 saturated carbocycles. The van der Waals surface area contributed by atoms with E-state index in [0.29, 0.717) is 17.5 Å². The molecule has 0 aliphatic rings. The van der Waals surface area contributed by atoms with Crippen LogP contribution < -0.4 is 21.3 Å². The summed E-state index contributed by atoms with van der Waals surface area (Å²) in [4.78, 5) is 38.0. The van der Waals surface area contributed by atoms with Gasteiger partial charge in [0.05, 0.1) is 23.6 Å². The molecule has 1 aromatic heterocycles. The highest BCUT2D eigenvalue weighted by Gasteiger charge is 2.16. The van der Waals surface area contributed by atoms with Gasteiger partial charge in [0.15, 0.2) is 0 Å². The lowest BCUT2D eigenvalue weighted by molar-refractivity contribution is -0.122. The Morgan fingerprint density at radius 3 is 2.55 bits per heavy atom. The molecule has 2 aromatic carbocycles. The number of nitrogens with one attached hydrogen (secondary N) is 1. The lowest BCUT2D eigenvalue weighted by Crippen LogP contribution is -2.42. The summed E-state index contributed by atoms with van der Waals surface area (Å²) in [6.07, 6.45) is 0. The van der Waals surface area contributed by atoms with Crippen molar-refractivity contribution in [2.45, 2.75) is 39.9 Å². The van der Waals surface area contributed by atoms with Gasteiger partial charge in [-0.25, -0.2) is 4.79 Å². The zero-order chi connectivity index (χ0) is 21.0. The molecular weight excluding hydrogens is 370 g/mol. The predicted molar refractivity (Wildman–Crippen MR) is 112 cm³/mol. The van der Waals surface area contributed by atoms with Gasteiger partial charge < -0.3 is 10.1 Å². The van der Waals surface area contributed by atoms with Crippen molar-refractivity contribution in [1.82, 2.24) is 14.5 Å². The molecule has 0 bridgehead atoms. The first-order valence-electron chi connectivity index (χ1n) is 9.70. The van der Waals surface area contributed by atoms with Crippen molar-refractivity contribution in [3.63, 3.8) is 0 Å². The highest BCUT2D eigenvalue weighted by Crippen LogP contribution is 2.19. The van der Waals surface area contributed by atoms with E-state index in [1.807, 2.05) is 38.1 Å². The van der Waals surface area contributed by atoms with Crippen LogP contribution in [0.2, 0.25) is 0 Å². The molecule has 1 amide bonds. The number of aromatic nitrogens is 2. The number of ether oxygens (including phenoxy) is 1. The van der Waals surface area contributed by atoms with Gasteiger partial charge in [-0.2, -0.15) is 0 Å². The molecule has 3 rings (SSSR count). The highest BCUT2D eigenvalue weighted by atomic mass is 16.5. The number of hydrogen-bond acceptors (Lipinski definition) is 4. The summed E-state index contributed by atoms with van der Waals surface area (Å²) in [5.74, 6) is 0.427. The Kier molecular flexibility index (Phi) is 6.16. The van der Waals surface area contributed by atoms with Crippen LogP contribution in [0.4, 0.5) is 0 Å². The number of rotatable bonds is 7. The second-order valence-electron chi connectivity index (χ2n) is 6.73. The average molecular weight is 395 g/mol. The van der Waals surface area contributed by atoms with Gasteiger partial charge in [-0.3, -0.25) is 18.7 Å². The zero-order valence-electron chi connectivity index (χ0n) is 16.8. The Morgan fingerprint density at radius 1 is 1.07 bits per heavy atom. The zero-order valence-corrected chi connectivity index (χ0v) is 16.8. The largest absolute Gasteiger partial charge is 0.494 e. The molecule has 1 unspecified atom stereocenters. The maximum absolute atomic E-state index is 12.8. The van der Waals surface area contributed by atoms with Crippen molar-refractivity contribution in [3.8, 4) is 5.75 Å². The summed E-state index contributed by atoms with van der Waals surface area (Å²) in [7, 11) is 0. The van der Waals surface area contributed by atoms with Gasteiger partial charge in [0, 0.05) is 6.54 Å². The first-order valence-corrected chi connectivity index (χ1v) is 9.70. The number of nitrogens with zero attached hydrogens (tertiary/aromatic N) is 2. The molecule has 7 nitrogen and oxygen atoms in total. The topological polar surface area (TPSA) is 82.3 Å². The molecule has 1 heterocycles. The first-order chi connectivity index (χ1) is 14.0. The number of amides is 1. The van der Waals surface area contributed by atoms with Crippen LogP contribution in [0.1, 0.15) is 32.4 Å². The Bertz CT molecular complexity index is 1150. The van der Waals surface area contributed by atoms with E-state index < -0.39 is 5.69 Å². The lowest BCUT2D eigenvalue weighted by Gasteiger charge is -2.17. The number of benzene rings is 2. The van der Waals surface area contributed by atoms with E-state index in [1.165, 1.54) is 4.57 Å². The second kappa shape index (κ2) is 8.77. The van der Waals surface area contributed by atoms with Crippen molar-refractivity contribution >= 4 is 16.8 Å². The van der Waals surface area contributed by atoms with Gasteiger partial charge in [-0.05, 0) is 50.6 Å². The number of hydrogen-bond donors (Lipinski definition) is 1. The fraction of sp³-hybridized carbons (Fsp3) is 0.318. The van der Waals surface area contributed by atoms with E-state index in [1.54, 1.807) is 31.2 Å². The van der Waals surface area contributed by atoms with Crippen LogP contribution >= 0.6 is 0 Å². The maximum atomic E-state index is 12.8. The van der Waals surface area contributed by atoms with Crippen molar-refractivity contribution < 1.29 is 9.53 Å². The van der Waals surface area contributed by atoms with Gasteiger partial charge in [0.2, 0.25) is 5.91 Å². The molecule has 1 atom stereocenters.